The molecule has 4 heterocycles. The highest BCUT2D eigenvalue weighted by atomic mass is 35.5. The highest BCUT2D eigenvalue weighted by Gasteiger charge is 2.61. The summed E-state index contributed by atoms with van der Waals surface area (Å²) < 4.78 is 17.2. The van der Waals surface area contributed by atoms with Crippen LogP contribution in [0.5, 0.6) is 11.5 Å². The first-order valence-corrected chi connectivity index (χ1v) is 16.7. The van der Waals surface area contributed by atoms with Crippen molar-refractivity contribution < 1.29 is 28.6 Å². The van der Waals surface area contributed by atoms with Gasteiger partial charge in [0, 0.05) is 43.3 Å². The number of hydrogen-bond donors (Lipinski definition) is 0. The number of methoxy groups -OCH3 is 2. The quantitative estimate of drug-likeness (QED) is 0.241. The van der Waals surface area contributed by atoms with Gasteiger partial charge in [-0.2, -0.15) is 0 Å². The number of allylic oxidation sites excluding steroid dienone is 2. The Labute approximate surface area is 277 Å². The summed E-state index contributed by atoms with van der Waals surface area (Å²) in [7, 11) is 4.67. The highest BCUT2D eigenvalue weighted by molar-refractivity contribution is 7.13. The molecular formula is C34H37ClN4O6S. The summed E-state index contributed by atoms with van der Waals surface area (Å²) in [6.07, 6.45) is 8.71. The van der Waals surface area contributed by atoms with Crippen molar-refractivity contribution in [3.63, 3.8) is 0 Å². The molecule has 2 amide bonds. The molecule has 3 aromatic rings. The van der Waals surface area contributed by atoms with Gasteiger partial charge in [0.25, 0.3) is 0 Å². The van der Waals surface area contributed by atoms with Crippen molar-refractivity contribution in [2.24, 2.45) is 11.3 Å². The minimum Gasteiger partial charge on any atom is -0.495 e. The van der Waals surface area contributed by atoms with Crippen LogP contribution >= 0.6 is 22.9 Å². The topological polar surface area (TPSA) is 111 Å². The number of benzene rings is 1. The summed E-state index contributed by atoms with van der Waals surface area (Å²) in [5.74, 6) is 0.124. The fraction of sp³-hybridized carbons (Fsp3) is 0.441. The number of halogens is 1. The molecule has 4 atom stereocenters. The Balaban J connectivity index is 1.35. The normalized spacial score (nSPS) is 25.8. The van der Waals surface area contributed by atoms with Crippen molar-refractivity contribution in [2.75, 3.05) is 34.4 Å². The number of fused-ring (bicyclic) bond motifs is 3. The maximum absolute atomic E-state index is 14.0. The van der Waals surface area contributed by atoms with Crippen LogP contribution < -0.4 is 9.47 Å². The van der Waals surface area contributed by atoms with E-state index in [2.05, 4.69) is 17.6 Å². The molecule has 1 saturated heterocycles. The Morgan fingerprint density at radius 1 is 1.20 bits per heavy atom. The molecule has 1 aromatic carbocycles. The van der Waals surface area contributed by atoms with Crippen molar-refractivity contribution in [3.8, 4) is 22.2 Å². The first kappa shape index (κ1) is 32.0. The summed E-state index contributed by atoms with van der Waals surface area (Å²) in [5.41, 5.74) is 0.868. The fourth-order valence-corrected chi connectivity index (χ4v) is 7.60. The van der Waals surface area contributed by atoms with Gasteiger partial charge in [-0.1, -0.05) is 30.3 Å². The number of carbonyl (C=O) groups excluding carboxylic acids is 3. The predicted molar refractivity (Wildman–Crippen MR) is 177 cm³/mol. The van der Waals surface area contributed by atoms with Gasteiger partial charge in [-0.3, -0.25) is 14.4 Å². The SMILES string of the molecule is C=Cc1csc(-c2cc(O[C@H]3C[C@H]4C(=O)N(C)CCCC/C=C\[C@@H]5C[C@@]5(C(=O)OC)CC(=O)N4C3)c3ccc(OC)c(Cl)c3n2)n1. The van der Waals surface area contributed by atoms with Crippen LogP contribution in [0, 0.1) is 11.3 Å². The third-order valence-corrected chi connectivity index (χ3v) is 10.5. The van der Waals surface area contributed by atoms with Gasteiger partial charge in [-0.15, -0.1) is 11.3 Å². The molecule has 242 valence electrons. The third-order valence-electron chi connectivity index (χ3n) is 9.23. The second kappa shape index (κ2) is 13.0. The lowest BCUT2D eigenvalue weighted by Crippen LogP contribution is -2.47. The van der Waals surface area contributed by atoms with Gasteiger partial charge in [0.15, 0.2) is 0 Å². The standard InChI is InChI=1S/C34H37ClN4O6S/c1-5-21-19-46-31(36-21)24-15-27(23-11-12-26(43-3)29(35)30(23)37-24)45-22-14-25-32(41)38(2)13-9-7-6-8-10-20-16-34(20,33(42)44-4)17-28(40)39(25)18-22/h5,8,10-12,15,19-20,22,25H,1,6-7,9,13-14,16-18H2,2-4H3/b10-8-/t20-,22+,25+,34-/m1/s1. The monoisotopic (exact) mass is 664 g/mol. The van der Waals surface area contributed by atoms with Gasteiger partial charge in [0.05, 0.1) is 37.4 Å². The molecule has 0 N–H and O–H groups in total. The maximum atomic E-state index is 14.0. The van der Waals surface area contributed by atoms with E-state index in [9.17, 15) is 14.4 Å². The zero-order valence-electron chi connectivity index (χ0n) is 26.2. The van der Waals surface area contributed by atoms with E-state index in [4.69, 9.17) is 30.8 Å². The van der Waals surface area contributed by atoms with Gasteiger partial charge >= 0.3 is 5.97 Å². The van der Waals surface area contributed by atoms with Crippen LogP contribution in [0.1, 0.15) is 44.2 Å². The highest BCUT2D eigenvalue weighted by Crippen LogP contribution is 2.57. The van der Waals surface area contributed by atoms with E-state index in [-0.39, 0.29) is 36.7 Å². The lowest BCUT2D eigenvalue weighted by atomic mass is 9.97. The van der Waals surface area contributed by atoms with Crippen molar-refractivity contribution >= 4 is 57.7 Å². The Morgan fingerprint density at radius 2 is 2.02 bits per heavy atom. The van der Waals surface area contributed by atoms with E-state index in [1.165, 1.54) is 18.4 Å². The molecule has 46 heavy (non-hydrogen) atoms. The number of aromatic nitrogens is 2. The van der Waals surface area contributed by atoms with Crippen LogP contribution in [-0.2, 0) is 19.1 Å². The number of likely N-dealkylation sites (N-methyl/N-ethyl adjacent to an activating group) is 1. The van der Waals surface area contributed by atoms with Gasteiger partial charge in [0.2, 0.25) is 11.8 Å². The summed E-state index contributed by atoms with van der Waals surface area (Å²) in [5, 5.41) is 3.55. The van der Waals surface area contributed by atoms with Crippen molar-refractivity contribution in [3.05, 3.63) is 53.0 Å². The first-order chi connectivity index (χ1) is 22.2. The van der Waals surface area contributed by atoms with Crippen LogP contribution in [0.15, 0.2) is 42.3 Å². The van der Waals surface area contributed by atoms with Crippen LogP contribution in [0.4, 0.5) is 0 Å². The van der Waals surface area contributed by atoms with E-state index in [1.807, 2.05) is 23.6 Å². The van der Waals surface area contributed by atoms with E-state index >= 15 is 0 Å². The minimum absolute atomic E-state index is 0.0255. The van der Waals surface area contributed by atoms with Crippen LogP contribution in [0.25, 0.3) is 27.7 Å². The molecule has 12 heteroatoms. The molecule has 0 spiro atoms. The maximum Gasteiger partial charge on any atom is 0.312 e. The Morgan fingerprint density at radius 3 is 2.76 bits per heavy atom. The Bertz CT molecular complexity index is 1720. The number of carbonyl (C=O) groups is 3. The summed E-state index contributed by atoms with van der Waals surface area (Å²) in [6, 6.07) is 4.68. The van der Waals surface area contributed by atoms with E-state index in [1.54, 1.807) is 36.1 Å². The number of esters is 1. The number of amides is 2. The molecule has 0 bridgehead atoms. The fourth-order valence-electron chi connectivity index (χ4n) is 6.55. The largest absolute Gasteiger partial charge is 0.495 e. The second-order valence-corrected chi connectivity index (χ2v) is 13.4. The zero-order chi connectivity index (χ0) is 32.6. The van der Waals surface area contributed by atoms with Crippen molar-refractivity contribution in [2.45, 2.75) is 50.7 Å². The number of ether oxygens (including phenoxy) is 3. The van der Waals surface area contributed by atoms with Crippen LogP contribution in [0.3, 0.4) is 0 Å². The predicted octanol–water partition coefficient (Wildman–Crippen LogP) is 5.78. The average molecular weight is 665 g/mol. The van der Waals surface area contributed by atoms with E-state index < -0.39 is 17.6 Å². The molecule has 2 fully saturated rings. The Kier molecular flexibility index (Phi) is 9.07. The molecule has 0 radical (unpaired) electrons. The zero-order valence-corrected chi connectivity index (χ0v) is 27.7. The Hall–Kier alpha value is -3.96. The molecule has 2 aromatic heterocycles. The number of nitrogens with zero attached hydrogens (tertiary/aromatic N) is 4. The van der Waals surface area contributed by atoms with Crippen LogP contribution in [0.2, 0.25) is 5.02 Å². The molecule has 3 aliphatic rings. The first-order valence-electron chi connectivity index (χ1n) is 15.4. The minimum atomic E-state index is -0.908. The van der Waals surface area contributed by atoms with Crippen LogP contribution in [-0.4, -0.2) is 84.1 Å². The summed E-state index contributed by atoms with van der Waals surface area (Å²) in [6.45, 7) is 4.57. The number of pyridine rings is 1. The summed E-state index contributed by atoms with van der Waals surface area (Å²) in [4.78, 5) is 53.4. The number of rotatable bonds is 6. The van der Waals surface area contributed by atoms with Gasteiger partial charge < -0.3 is 24.0 Å². The smallest absolute Gasteiger partial charge is 0.312 e. The molecule has 1 aliphatic carbocycles. The van der Waals surface area contributed by atoms with E-state index in [0.717, 1.165) is 25.0 Å². The number of hydrogen-bond acceptors (Lipinski definition) is 9. The van der Waals surface area contributed by atoms with Gasteiger partial charge in [-0.05, 0) is 49.8 Å². The molecule has 1 saturated carbocycles. The lowest BCUT2D eigenvalue weighted by molar-refractivity contribution is -0.152. The van der Waals surface area contributed by atoms with E-state index in [0.29, 0.717) is 57.5 Å². The number of thiazole rings is 1. The molecule has 2 aliphatic heterocycles. The lowest BCUT2D eigenvalue weighted by Gasteiger charge is -2.29. The molecular weight excluding hydrogens is 628 g/mol. The van der Waals surface area contributed by atoms with Crippen molar-refractivity contribution in [1.82, 2.24) is 19.8 Å². The van der Waals surface area contributed by atoms with Gasteiger partial charge in [-0.25, -0.2) is 9.97 Å². The molecule has 0 unspecified atom stereocenters. The molecule has 10 nitrogen and oxygen atoms in total. The third kappa shape index (κ3) is 5.98. The van der Waals surface area contributed by atoms with Gasteiger partial charge in [0.1, 0.15) is 39.4 Å². The average Bonchev–Trinajstić information content (AvgIpc) is 3.36. The summed E-state index contributed by atoms with van der Waals surface area (Å²) >= 11 is 8.16. The molecule has 6 rings (SSSR count). The van der Waals surface area contributed by atoms with Crippen molar-refractivity contribution in [1.29, 1.82) is 0 Å². The second-order valence-electron chi connectivity index (χ2n) is 12.1.